The summed E-state index contributed by atoms with van der Waals surface area (Å²) in [5.41, 5.74) is 2.45. The van der Waals surface area contributed by atoms with E-state index in [1.807, 2.05) is 17.9 Å². The maximum absolute atomic E-state index is 13.9. The van der Waals surface area contributed by atoms with Crippen LogP contribution < -0.4 is 5.56 Å². The Morgan fingerprint density at radius 2 is 2.38 bits per heavy atom. The highest BCUT2D eigenvalue weighted by Gasteiger charge is 2.33. The van der Waals surface area contributed by atoms with Crippen molar-refractivity contribution in [2.75, 3.05) is 13.1 Å². The number of H-pyrrole nitrogens is 2. The maximum atomic E-state index is 13.9. The normalized spacial score (nSPS) is 21.8. The summed E-state index contributed by atoms with van der Waals surface area (Å²) in [7, 11) is 2.26. The summed E-state index contributed by atoms with van der Waals surface area (Å²) in [6, 6.07) is 1.91. The van der Waals surface area contributed by atoms with Gasteiger partial charge >= 0.3 is 0 Å². The van der Waals surface area contributed by atoms with Crippen LogP contribution in [0, 0.1) is 6.92 Å². The standard InChI is InChI=1S/C15H17FN5OPS/c1-8-9(5-17-20-8)11-4-10-13(24-11)14(22)19-12(18-10)6-21-3-2-15(16,23)7-21/h4-5H,2-3,6-7,23H2,1H3,(H,17,20)(H,18,19,22). The molecule has 2 unspecified atom stereocenters. The van der Waals surface area contributed by atoms with Crippen molar-refractivity contribution in [1.29, 1.82) is 0 Å². The summed E-state index contributed by atoms with van der Waals surface area (Å²) in [6.45, 7) is 3.38. The van der Waals surface area contributed by atoms with E-state index in [-0.39, 0.29) is 5.56 Å². The zero-order valence-corrected chi connectivity index (χ0v) is 15.1. The third-order valence-electron chi connectivity index (χ3n) is 4.23. The number of hydrogen-bond donors (Lipinski definition) is 2. The minimum atomic E-state index is -1.24. The van der Waals surface area contributed by atoms with Crippen LogP contribution in [0.25, 0.3) is 20.7 Å². The van der Waals surface area contributed by atoms with Gasteiger partial charge in [-0.05, 0) is 19.4 Å². The van der Waals surface area contributed by atoms with Crippen LogP contribution in [0.15, 0.2) is 17.1 Å². The van der Waals surface area contributed by atoms with Crippen molar-refractivity contribution >= 4 is 30.8 Å². The lowest BCUT2D eigenvalue weighted by molar-refractivity contribution is 0.254. The molecule has 126 valence electrons. The summed E-state index contributed by atoms with van der Waals surface area (Å²) < 4.78 is 14.5. The highest BCUT2D eigenvalue weighted by atomic mass is 32.1. The molecule has 0 saturated carbocycles. The molecular weight excluding hydrogens is 348 g/mol. The molecule has 2 atom stereocenters. The Balaban J connectivity index is 1.67. The zero-order chi connectivity index (χ0) is 16.9. The number of thiophene rings is 1. The fourth-order valence-corrected chi connectivity index (χ4v) is 4.46. The number of fused-ring (bicyclic) bond motifs is 1. The number of rotatable bonds is 3. The molecule has 0 radical (unpaired) electrons. The Bertz CT molecular complexity index is 962. The summed E-state index contributed by atoms with van der Waals surface area (Å²) in [6.07, 6.45) is 2.23. The molecule has 3 aromatic rings. The Morgan fingerprint density at radius 1 is 1.54 bits per heavy atom. The predicted molar refractivity (Wildman–Crippen MR) is 96.0 cm³/mol. The van der Waals surface area contributed by atoms with Crippen LogP contribution in [-0.4, -0.2) is 43.6 Å². The van der Waals surface area contributed by atoms with Gasteiger partial charge in [0.2, 0.25) is 0 Å². The maximum Gasteiger partial charge on any atom is 0.268 e. The predicted octanol–water partition coefficient (Wildman–Crippen LogP) is 2.43. The monoisotopic (exact) mass is 365 g/mol. The van der Waals surface area contributed by atoms with Crippen LogP contribution in [0.2, 0.25) is 0 Å². The van der Waals surface area contributed by atoms with Gasteiger partial charge in [-0.2, -0.15) is 5.10 Å². The molecule has 9 heteroatoms. The second kappa shape index (κ2) is 5.72. The first kappa shape index (κ1) is 15.9. The topological polar surface area (TPSA) is 77.7 Å². The van der Waals surface area contributed by atoms with E-state index in [4.69, 9.17) is 0 Å². The number of aromatic nitrogens is 4. The summed E-state index contributed by atoms with van der Waals surface area (Å²) in [4.78, 5) is 22.7. The lowest BCUT2D eigenvalue weighted by Crippen LogP contribution is -2.26. The fraction of sp³-hybridized carbons (Fsp3) is 0.400. The van der Waals surface area contributed by atoms with Crippen LogP contribution >= 0.6 is 20.6 Å². The van der Waals surface area contributed by atoms with Crippen molar-refractivity contribution in [2.45, 2.75) is 25.3 Å². The van der Waals surface area contributed by atoms with Gasteiger partial charge in [-0.15, -0.1) is 11.3 Å². The summed E-state index contributed by atoms with van der Waals surface area (Å²) >= 11 is 1.40. The summed E-state index contributed by atoms with van der Waals surface area (Å²) in [5, 5.41) is 5.68. The first-order valence-electron chi connectivity index (χ1n) is 7.64. The van der Waals surface area contributed by atoms with Crippen molar-refractivity contribution in [3.8, 4) is 10.4 Å². The molecule has 1 aliphatic heterocycles. The largest absolute Gasteiger partial charge is 0.308 e. The van der Waals surface area contributed by atoms with Gasteiger partial charge < -0.3 is 4.98 Å². The molecule has 24 heavy (non-hydrogen) atoms. The molecule has 1 fully saturated rings. The molecule has 0 aromatic carbocycles. The minimum Gasteiger partial charge on any atom is -0.308 e. The van der Waals surface area contributed by atoms with E-state index in [0.29, 0.717) is 42.1 Å². The van der Waals surface area contributed by atoms with Gasteiger partial charge in [-0.3, -0.25) is 14.8 Å². The van der Waals surface area contributed by atoms with Crippen molar-refractivity contribution in [3.05, 3.63) is 34.1 Å². The quantitative estimate of drug-likeness (QED) is 0.699. The number of aryl methyl sites for hydroxylation is 1. The number of halogens is 1. The third-order valence-corrected chi connectivity index (χ3v) is 5.86. The molecule has 3 aromatic heterocycles. The molecule has 0 aliphatic carbocycles. The van der Waals surface area contributed by atoms with Gasteiger partial charge in [0.15, 0.2) is 0 Å². The van der Waals surface area contributed by atoms with Crippen LogP contribution in [0.5, 0.6) is 0 Å². The van der Waals surface area contributed by atoms with Crippen molar-refractivity contribution in [1.82, 2.24) is 25.1 Å². The van der Waals surface area contributed by atoms with Crippen LogP contribution in [-0.2, 0) is 6.54 Å². The van der Waals surface area contributed by atoms with E-state index < -0.39 is 5.41 Å². The molecule has 2 N–H and O–H groups in total. The smallest absolute Gasteiger partial charge is 0.268 e. The molecule has 0 bridgehead atoms. The van der Waals surface area contributed by atoms with Gasteiger partial charge in [-0.1, -0.05) is 9.24 Å². The van der Waals surface area contributed by atoms with E-state index in [1.165, 1.54) is 11.3 Å². The second-order valence-corrected chi connectivity index (χ2v) is 8.33. The number of alkyl halides is 1. The molecular formula is C15H17FN5OPS. The van der Waals surface area contributed by atoms with Gasteiger partial charge in [0, 0.05) is 29.2 Å². The third kappa shape index (κ3) is 2.90. The summed E-state index contributed by atoms with van der Waals surface area (Å²) in [5.74, 6) is 0.573. The minimum absolute atomic E-state index is 0.149. The lowest BCUT2D eigenvalue weighted by Gasteiger charge is -2.16. The van der Waals surface area contributed by atoms with Crippen LogP contribution in [0.3, 0.4) is 0 Å². The molecule has 1 saturated heterocycles. The van der Waals surface area contributed by atoms with E-state index in [9.17, 15) is 9.18 Å². The van der Waals surface area contributed by atoms with E-state index in [1.54, 1.807) is 6.20 Å². The Morgan fingerprint density at radius 3 is 3.04 bits per heavy atom. The number of aromatic amines is 2. The van der Waals surface area contributed by atoms with Crippen LogP contribution in [0.4, 0.5) is 4.39 Å². The van der Waals surface area contributed by atoms with Gasteiger partial charge in [-0.25, -0.2) is 9.37 Å². The van der Waals surface area contributed by atoms with Gasteiger partial charge in [0.1, 0.15) is 15.9 Å². The number of nitrogens with zero attached hydrogens (tertiary/aromatic N) is 3. The molecule has 4 rings (SSSR count). The van der Waals surface area contributed by atoms with E-state index in [2.05, 4.69) is 29.4 Å². The molecule has 0 amide bonds. The van der Waals surface area contributed by atoms with E-state index in [0.717, 1.165) is 16.1 Å². The first-order valence-corrected chi connectivity index (χ1v) is 9.04. The lowest BCUT2D eigenvalue weighted by atomic mass is 10.2. The Labute approximate surface area is 143 Å². The van der Waals surface area contributed by atoms with Crippen molar-refractivity contribution in [3.63, 3.8) is 0 Å². The zero-order valence-electron chi connectivity index (χ0n) is 13.1. The molecule has 0 spiro atoms. The van der Waals surface area contributed by atoms with Crippen LogP contribution in [0.1, 0.15) is 17.9 Å². The SMILES string of the molecule is Cc1[nH]ncc1-c1cc2nc(CN3CCC(F)(P)C3)[nH]c(=O)c2s1. The van der Waals surface area contributed by atoms with Gasteiger partial charge in [0.05, 0.1) is 18.3 Å². The fourth-order valence-electron chi connectivity index (χ4n) is 3.02. The second-order valence-electron chi connectivity index (χ2n) is 6.24. The van der Waals surface area contributed by atoms with Gasteiger partial charge in [0.25, 0.3) is 5.56 Å². The Kier molecular flexibility index (Phi) is 3.78. The number of hydrogen-bond acceptors (Lipinski definition) is 5. The molecule has 1 aliphatic rings. The highest BCUT2D eigenvalue weighted by Crippen LogP contribution is 2.33. The van der Waals surface area contributed by atoms with E-state index >= 15 is 0 Å². The number of likely N-dealkylation sites (tertiary alicyclic amines) is 1. The average Bonchev–Trinajstić information content (AvgIpc) is 3.18. The first-order chi connectivity index (χ1) is 11.4. The number of nitrogens with one attached hydrogen (secondary N) is 2. The highest BCUT2D eigenvalue weighted by molar-refractivity contribution is 7.22. The van der Waals surface area contributed by atoms with Crippen molar-refractivity contribution < 1.29 is 4.39 Å². The molecule has 4 heterocycles. The average molecular weight is 365 g/mol. The molecule has 6 nitrogen and oxygen atoms in total. The van der Waals surface area contributed by atoms with Crippen molar-refractivity contribution in [2.24, 2.45) is 0 Å². The Hall–Kier alpha value is -1.63.